The van der Waals surface area contributed by atoms with E-state index < -0.39 is 0 Å². The first-order chi connectivity index (χ1) is 11.7. The van der Waals surface area contributed by atoms with Crippen LogP contribution >= 0.6 is 0 Å². The molecule has 2 heterocycles. The van der Waals surface area contributed by atoms with Gasteiger partial charge >= 0.3 is 6.03 Å². The zero-order valence-corrected chi connectivity index (χ0v) is 14.2. The number of hydrogen-bond donors (Lipinski definition) is 2. The number of aromatic amines is 1. The van der Waals surface area contributed by atoms with Gasteiger partial charge in [0.05, 0.1) is 12.2 Å². The normalized spacial score (nSPS) is 14.7. The van der Waals surface area contributed by atoms with Crippen LogP contribution in [0.3, 0.4) is 0 Å². The van der Waals surface area contributed by atoms with E-state index in [9.17, 15) is 4.79 Å². The summed E-state index contributed by atoms with van der Waals surface area (Å²) in [5.74, 6) is 0. The van der Waals surface area contributed by atoms with Gasteiger partial charge in [0.2, 0.25) is 0 Å². The van der Waals surface area contributed by atoms with Crippen molar-refractivity contribution in [2.75, 3.05) is 20.1 Å². The molecule has 2 amide bonds. The molecule has 0 atom stereocenters. The SMILES string of the molecule is CN(Cc1ccccc1CN1CCCC1)C(=O)NCc1ccn[nH]1. The number of benzene rings is 1. The molecule has 3 rings (SSSR count). The van der Waals surface area contributed by atoms with Crippen molar-refractivity contribution in [1.29, 1.82) is 0 Å². The number of nitrogens with zero attached hydrogens (tertiary/aromatic N) is 3. The van der Waals surface area contributed by atoms with Gasteiger partial charge in [0.25, 0.3) is 0 Å². The van der Waals surface area contributed by atoms with Crippen LogP contribution in [0, 0.1) is 0 Å². The molecule has 0 bridgehead atoms. The summed E-state index contributed by atoms with van der Waals surface area (Å²) in [6.45, 7) is 4.39. The number of nitrogens with one attached hydrogen (secondary N) is 2. The van der Waals surface area contributed by atoms with Crippen molar-refractivity contribution in [3.8, 4) is 0 Å². The monoisotopic (exact) mass is 327 g/mol. The molecule has 6 nitrogen and oxygen atoms in total. The van der Waals surface area contributed by atoms with E-state index in [0.29, 0.717) is 13.1 Å². The molecule has 1 aliphatic rings. The van der Waals surface area contributed by atoms with Crippen LogP contribution < -0.4 is 5.32 Å². The quantitative estimate of drug-likeness (QED) is 0.856. The molecule has 2 aromatic rings. The number of rotatable bonds is 6. The third kappa shape index (κ3) is 4.35. The van der Waals surface area contributed by atoms with Crippen LogP contribution in [-0.4, -0.2) is 46.2 Å². The lowest BCUT2D eigenvalue weighted by Crippen LogP contribution is -2.36. The van der Waals surface area contributed by atoms with Gasteiger partial charge in [-0.1, -0.05) is 24.3 Å². The van der Waals surface area contributed by atoms with Crippen molar-refractivity contribution in [3.63, 3.8) is 0 Å². The van der Waals surface area contributed by atoms with Crippen molar-refractivity contribution in [1.82, 2.24) is 25.3 Å². The van der Waals surface area contributed by atoms with Crippen molar-refractivity contribution >= 4 is 6.03 Å². The Morgan fingerprint density at radius 3 is 2.71 bits per heavy atom. The highest BCUT2D eigenvalue weighted by molar-refractivity contribution is 5.73. The minimum atomic E-state index is -0.0828. The number of carbonyl (C=O) groups is 1. The van der Waals surface area contributed by atoms with Crippen molar-refractivity contribution < 1.29 is 4.79 Å². The Balaban J connectivity index is 1.56. The highest BCUT2D eigenvalue weighted by atomic mass is 16.2. The second-order valence-electron chi connectivity index (χ2n) is 6.35. The fraction of sp³-hybridized carbons (Fsp3) is 0.444. The molecule has 0 spiro atoms. The van der Waals surface area contributed by atoms with Gasteiger partial charge in [0, 0.05) is 26.3 Å². The van der Waals surface area contributed by atoms with Crippen molar-refractivity contribution in [2.24, 2.45) is 0 Å². The number of H-pyrrole nitrogens is 1. The van der Waals surface area contributed by atoms with E-state index in [0.717, 1.165) is 12.2 Å². The largest absolute Gasteiger partial charge is 0.332 e. The Labute approximate surface area is 142 Å². The van der Waals surface area contributed by atoms with Gasteiger partial charge in [-0.3, -0.25) is 10.00 Å². The van der Waals surface area contributed by atoms with E-state index >= 15 is 0 Å². The lowest BCUT2D eigenvalue weighted by molar-refractivity contribution is 0.206. The number of likely N-dealkylation sites (tertiary alicyclic amines) is 1. The minimum absolute atomic E-state index is 0.0828. The van der Waals surface area contributed by atoms with Gasteiger partial charge in [0.15, 0.2) is 0 Å². The number of urea groups is 1. The number of amides is 2. The maximum atomic E-state index is 12.3. The van der Waals surface area contributed by atoms with Crippen LogP contribution in [-0.2, 0) is 19.6 Å². The van der Waals surface area contributed by atoms with E-state index in [-0.39, 0.29) is 6.03 Å². The molecule has 0 aliphatic carbocycles. The molecular weight excluding hydrogens is 302 g/mol. The summed E-state index contributed by atoms with van der Waals surface area (Å²) in [6.07, 6.45) is 4.26. The maximum Gasteiger partial charge on any atom is 0.317 e. The molecule has 1 aromatic heterocycles. The second kappa shape index (κ2) is 7.97. The Morgan fingerprint density at radius 1 is 1.25 bits per heavy atom. The van der Waals surface area contributed by atoms with Gasteiger partial charge in [-0.25, -0.2) is 4.79 Å². The van der Waals surface area contributed by atoms with Gasteiger partial charge in [0.1, 0.15) is 0 Å². The number of carbonyl (C=O) groups excluding carboxylic acids is 1. The zero-order chi connectivity index (χ0) is 16.8. The first-order valence-electron chi connectivity index (χ1n) is 8.49. The molecule has 1 fully saturated rings. The standard InChI is InChI=1S/C18H25N5O/c1-22(18(24)19-12-17-8-9-20-21-17)13-15-6-2-3-7-16(15)14-23-10-4-5-11-23/h2-3,6-9H,4-5,10-14H2,1H3,(H,19,24)(H,20,21). The lowest BCUT2D eigenvalue weighted by Gasteiger charge is -2.22. The third-order valence-electron chi connectivity index (χ3n) is 4.45. The van der Waals surface area contributed by atoms with Gasteiger partial charge < -0.3 is 10.2 Å². The van der Waals surface area contributed by atoms with E-state index in [4.69, 9.17) is 0 Å². The summed E-state index contributed by atoms with van der Waals surface area (Å²) in [5, 5.41) is 9.62. The fourth-order valence-electron chi connectivity index (χ4n) is 3.06. The molecule has 1 aromatic carbocycles. The minimum Gasteiger partial charge on any atom is -0.332 e. The molecule has 0 radical (unpaired) electrons. The molecule has 0 saturated carbocycles. The molecule has 1 aliphatic heterocycles. The summed E-state index contributed by atoms with van der Waals surface area (Å²) in [7, 11) is 1.83. The van der Waals surface area contributed by atoms with Gasteiger partial charge in [-0.2, -0.15) is 5.10 Å². The smallest absolute Gasteiger partial charge is 0.317 e. The summed E-state index contributed by atoms with van der Waals surface area (Å²) >= 11 is 0. The van der Waals surface area contributed by atoms with Gasteiger partial charge in [-0.15, -0.1) is 0 Å². The topological polar surface area (TPSA) is 64.3 Å². The predicted molar refractivity (Wildman–Crippen MR) is 93.2 cm³/mol. The number of aromatic nitrogens is 2. The van der Waals surface area contributed by atoms with E-state index in [1.165, 1.54) is 37.1 Å². The van der Waals surface area contributed by atoms with Crippen LogP contribution in [0.25, 0.3) is 0 Å². The first-order valence-corrected chi connectivity index (χ1v) is 8.49. The van der Waals surface area contributed by atoms with Crippen LogP contribution in [0.1, 0.15) is 29.7 Å². The third-order valence-corrected chi connectivity index (χ3v) is 4.45. The highest BCUT2D eigenvalue weighted by Gasteiger charge is 2.15. The van der Waals surface area contributed by atoms with Crippen LogP contribution in [0.4, 0.5) is 4.79 Å². The molecule has 6 heteroatoms. The van der Waals surface area contributed by atoms with Crippen LogP contribution in [0.5, 0.6) is 0 Å². The summed E-state index contributed by atoms with van der Waals surface area (Å²) in [6, 6.07) is 10.2. The molecule has 0 unspecified atom stereocenters. The molecule has 128 valence electrons. The second-order valence-corrected chi connectivity index (χ2v) is 6.35. The highest BCUT2D eigenvalue weighted by Crippen LogP contribution is 2.17. The van der Waals surface area contributed by atoms with Gasteiger partial charge in [-0.05, 0) is 43.1 Å². The van der Waals surface area contributed by atoms with Crippen LogP contribution in [0.2, 0.25) is 0 Å². The molecular formula is C18H25N5O. The molecule has 1 saturated heterocycles. The lowest BCUT2D eigenvalue weighted by atomic mass is 10.1. The van der Waals surface area contributed by atoms with E-state index in [1.807, 2.05) is 19.2 Å². The number of hydrogen-bond acceptors (Lipinski definition) is 3. The van der Waals surface area contributed by atoms with Crippen molar-refractivity contribution in [3.05, 3.63) is 53.3 Å². The Hall–Kier alpha value is -2.34. The Morgan fingerprint density at radius 2 is 2.00 bits per heavy atom. The average Bonchev–Trinajstić information content (AvgIpc) is 3.28. The zero-order valence-electron chi connectivity index (χ0n) is 14.2. The van der Waals surface area contributed by atoms with E-state index in [2.05, 4.69) is 38.6 Å². The average molecular weight is 327 g/mol. The summed E-state index contributed by atoms with van der Waals surface area (Å²) < 4.78 is 0. The Bertz CT molecular complexity index is 649. The first kappa shape index (κ1) is 16.5. The predicted octanol–water partition coefficient (Wildman–Crippen LogP) is 2.35. The molecule has 24 heavy (non-hydrogen) atoms. The maximum absolute atomic E-state index is 12.3. The Kier molecular flexibility index (Phi) is 5.48. The summed E-state index contributed by atoms with van der Waals surface area (Å²) in [5.41, 5.74) is 3.42. The summed E-state index contributed by atoms with van der Waals surface area (Å²) in [4.78, 5) is 16.5. The van der Waals surface area contributed by atoms with E-state index in [1.54, 1.807) is 11.1 Å². The van der Waals surface area contributed by atoms with Crippen molar-refractivity contribution in [2.45, 2.75) is 32.5 Å². The van der Waals surface area contributed by atoms with Crippen LogP contribution in [0.15, 0.2) is 36.5 Å². The fourth-order valence-corrected chi connectivity index (χ4v) is 3.06. The molecule has 2 N–H and O–H groups in total.